The summed E-state index contributed by atoms with van der Waals surface area (Å²) in [4.78, 5) is 45.5. The molecule has 2 heterocycles. The smallest absolute Gasteiger partial charge is 0.287 e. The van der Waals surface area contributed by atoms with E-state index in [0.717, 1.165) is 11.6 Å². The SMILES string of the molecule is COc1cccc(CNC(=O)c2nc3ccc(F)c(OCCC4CN(C(C)=O)CCN4)c3c(=O)[nH]2)c1. The van der Waals surface area contributed by atoms with Crippen LogP contribution in [0.5, 0.6) is 11.5 Å². The Labute approximate surface area is 206 Å². The number of methoxy groups -OCH3 is 1. The summed E-state index contributed by atoms with van der Waals surface area (Å²) in [5, 5.41) is 5.94. The van der Waals surface area contributed by atoms with Crippen LogP contribution in [0.15, 0.2) is 41.2 Å². The molecule has 10 nitrogen and oxygen atoms in total. The monoisotopic (exact) mass is 497 g/mol. The van der Waals surface area contributed by atoms with Gasteiger partial charge in [-0.15, -0.1) is 0 Å². The first-order chi connectivity index (χ1) is 17.4. The van der Waals surface area contributed by atoms with Crippen molar-refractivity contribution in [2.45, 2.75) is 25.9 Å². The number of hydrogen-bond acceptors (Lipinski definition) is 7. The molecule has 11 heteroatoms. The second-order valence-corrected chi connectivity index (χ2v) is 8.47. The lowest BCUT2D eigenvalue weighted by molar-refractivity contribution is -0.130. The Morgan fingerprint density at radius 1 is 1.28 bits per heavy atom. The van der Waals surface area contributed by atoms with Crippen LogP contribution in [0, 0.1) is 5.82 Å². The number of rotatable bonds is 8. The van der Waals surface area contributed by atoms with E-state index in [9.17, 15) is 18.8 Å². The number of H-pyrrole nitrogens is 1. The van der Waals surface area contributed by atoms with Crippen molar-refractivity contribution in [3.8, 4) is 11.5 Å². The van der Waals surface area contributed by atoms with E-state index in [4.69, 9.17) is 9.47 Å². The van der Waals surface area contributed by atoms with Crippen LogP contribution in [0.25, 0.3) is 10.9 Å². The minimum atomic E-state index is -0.702. The number of piperazine rings is 1. The van der Waals surface area contributed by atoms with E-state index in [2.05, 4.69) is 20.6 Å². The number of halogens is 1. The summed E-state index contributed by atoms with van der Waals surface area (Å²) in [6.07, 6.45) is 0.510. The molecule has 1 aliphatic heterocycles. The van der Waals surface area contributed by atoms with E-state index in [1.165, 1.54) is 13.0 Å². The minimum absolute atomic E-state index is 0.00280. The van der Waals surface area contributed by atoms with E-state index in [0.29, 0.717) is 31.8 Å². The van der Waals surface area contributed by atoms with Crippen molar-refractivity contribution in [1.29, 1.82) is 0 Å². The molecule has 0 spiro atoms. The third kappa shape index (κ3) is 5.80. The Morgan fingerprint density at radius 2 is 2.11 bits per heavy atom. The first kappa shape index (κ1) is 25.1. The summed E-state index contributed by atoms with van der Waals surface area (Å²) in [5.41, 5.74) is 0.266. The number of nitrogens with zero attached hydrogens (tertiary/aromatic N) is 2. The van der Waals surface area contributed by atoms with Gasteiger partial charge in [0.15, 0.2) is 17.4 Å². The van der Waals surface area contributed by atoms with E-state index < -0.39 is 17.3 Å². The fraction of sp³-hybridized carbons (Fsp3) is 0.360. The molecular formula is C25H28FN5O5. The van der Waals surface area contributed by atoms with Crippen LogP contribution in [0.2, 0.25) is 0 Å². The number of carbonyl (C=O) groups is 2. The van der Waals surface area contributed by atoms with E-state index >= 15 is 0 Å². The van der Waals surface area contributed by atoms with Gasteiger partial charge in [0.1, 0.15) is 11.1 Å². The summed E-state index contributed by atoms with van der Waals surface area (Å²) < 4.78 is 25.4. The fourth-order valence-electron chi connectivity index (χ4n) is 4.08. The van der Waals surface area contributed by atoms with Crippen LogP contribution in [0.4, 0.5) is 4.39 Å². The molecule has 1 fully saturated rings. The molecule has 1 unspecified atom stereocenters. The quantitative estimate of drug-likeness (QED) is 0.432. The Balaban J connectivity index is 1.46. The van der Waals surface area contributed by atoms with Gasteiger partial charge in [0.2, 0.25) is 5.91 Å². The molecule has 190 valence electrons. The predicted octanol–water partition coefficient (Wildman–Crippen LogP) is 1.59. The number of fused-ring (bicyclic) bond motifs is 1. The molecule has 0 bridgehead atoms. The molecule has 3 N–H and O–H groups in total. The molecule has 0 radical (unpaired) electrons. The average Bonchev–Trinajstić information content (AvgIpc) is 2.88. The number of aromatic amines is 1. The summed E-state index contributed by atoms with van der Waals surface area (Å²) >= 11 is 0. The van der Waals surface area contributed by atoms with Crippen molar-refractivity contribution < 1.29 is 23.5 Å². The Bertz CT molecular complexity index is 1330. The highest BCUT2D eigenvalue weighted by atomic mass is 19.1. The van der Waals surface area contributed by atoms with Crippen LogP contribution in [0.3, 0.4) is 0 Å². The third-order valence-corrected chi connectivity index (χ3v) is 5.99. The third-order valence-electron chi connectivity index (χ3n) is 5.99. The molecule has 1 saturated heterocycles. The molecule has 3 aromatic rings. The van der Waals surface area contributed by atoms with Gasteiger partial charge in [0.05, 0.1) is 19.2 Å². The van der Waals surface area contributed by atoms with Crippen molar-refractivity contribution in [3.05, 3.63) is 64.0 Å². The highest BCUT2D eigenvalue weighted by molar-refractivity contribution is 5.93. The molecule has 1 atom stereocenters. The zero-order valence-electron chi connectivity index (χ0n) is 20.1. The number of hydrogen-bond donors (Lipinski definition) is 3. The number of ether oxygens (including phenoxy) is 2. The maximum atomic E-state index is 14.6. The van der Waals surface area contributed by atoms with E-state index in [1.54, 1.807) is 30.2 Å². The van der Waals surface area contributed by atoms with Gasteiger partial charge in [-0.3, -0.25) is 14.4 Å². The molecular weight excluding hydrogens is 469 g/mol. The van der Waals surface area contributed by atoms with Gasteiger partial charge in [-0.05, 0) is 36.2 Å². The average molecular weight is 498 g/mol. The van der Waals surface area contributed by atoms with Crippen LogP contribution < -0.4 is 25.7 Å². The molecule has 36 heavy (non-hydrogen) atoms. The summed E-state index contributed by atoms with van der Waals surface area (Å²) in [6, 6.07) is 9.68. The van der Waals surface area contributed by atoms with Crippen LogP contribution in [-0.4, -0.2) is 66.1 Å². The van der Waals surface area contributed by atoms with Crippen molar-refractivity contribution >= 4 is 22.7 Å². The van der Waals surface area contributed by atoms with Gasteiger partial charge >= 0.3 is 0 Å². The Morgan fingerprint density at radius 3 is 2.89 bits per heavy atom. The number of amides is 2. The molecule has 4 rings (SSSR count). The molecule has 2 amide bonds. The van der Waals surface area contributed by atoms with E-state index in [-0.39, 0.29) is 47.6 Å². The first-order valence-corrected chi connectivity index (χ1v) is 11.6. The number of aromatic nitrogens is 2. The lowest BCUT2D eigenvalue weighted by atomic mass is 10.1. The lowest BCUT2D eigenvalue weighted by Crippen LogP contribution is -2.52. The molecule has 1 aromatic heterocycles. The Hall–Kier alpha value is -3.99. The normalized spacial score (nSPS) is 15.5. The lowest BCUT2D eigenvalue weighted by Gasteiger charge is -2.33. The summed E-state index contributed by atoms with van der Waals surface area (Å²) in [6.45, 7) is 3.69. The minimum Gasteiger partial charge on any atom is -0.497 e. The summed E-state index contributed by atoms with van der Waals surface area (Å²) in [7, 11) is 1.55. The maximum absolute atomic E-state index is 14.6. The zero-order chi connectivity index (χ0) is 25.7. The summed E-state index contributed by atoms with van der Waals surface area (Å²) in [5.74, 6) is -1.03. The largest absolute Gasteiger partial charge is 0.497 e. The van der Waals surface area contributed by atoms with Crippen LogP contribution in [0.1, 0.15) is 29.5 Å². The van der Waals surface area contributed by atoms with Crippen molar-refractivity contribution in [3.63, 3.8) is 0 Å². The van der Waals surface area contributed by atoms with Crippen molar-refractivity contribution in [1.82, 2.24) is 25.5 Å². The number of nitrogens with one attached hydrogen (secondary N) is 3. The molecule has 0 saturated carbocycles. The van der Waals surface area contributed by atoms with Gasteiger partial charge in [0.25, 0.3) is 11.5 Å². The second-order valence-electron chi connectivity index (χ2n) is 8.47. The van der Waals surface area contributed by atoms with Gasteiger partial charge in [-0.2, -0.15) is 0 Å². The van der Waals surface area contributed by atoms with E-state index in [1.807, 2.05) is 6.07 Å². The van der Waals surface area contributed by atoms with Gasteiger partial charge < -0.3 is 30.0 Å². The highest BCUT2D eigenvalue weighted by Crippen LogP contribution is 2.25. The van der Waals surface area contributed by atoms with Crippen molar-refractivity contribution in [2.24, 2.45) is 0 Å². The van der Waals surface area contributed by atoms with Crippen LogP contribution >= 0.6 is 0 Å². The highest BCUT2D eigenvalue weighted by Gasteiger charge is 2.22. The number of carbonyl (C=O) groups excluding carboxylic acids is 2. The molecule has 0 aliphatic carbocycles. The Kier molecular flexibility index (Phi) is 7.79. The topological polar surface area (TPSA) is 126 Å². The predicted molar refractivity (Wildman–Crippen MR) is 131 cm³/mol. The molecule has 2 aromatic carbocycles. The first-order valence-electron chi connectivity index (χ1n) is 11.6. The standard InChI is InChI=1S/C25H28FN5O5/c1-15(32)31-10-9-27-17(14-31)8-11-36-22-19(26)6-7-20-21(22)24(33)30-23(29-20)25(34)28-13-16-4-3-5-18(12-16)35-2/h3-7,12,17,27H,8-11,13-14H2,1-2H3,(H,28,34)(H,29,30,33). The maximum Gasteiger partial charge on any atom is 0.287 e. The second kappa shape index (κ2) is 11.2. The van der Waals surface area contributed by atoms with Gasteiger partial charge in [-0.25, -0.2) is 9.37 Å². The fourth-order valence-corrected chi connectivity index (χ4v) is 4.08. The van der Waals surface area contributed by atoms with Crippen LogP contribution in [-0.2, 0) is 11.3 Å². The zero-order valence-corrected chi connectivity index (χ0v) is 20.1. The number of benzene rings is 2. The molecule has 1 aliphatic rings. The van der Waals surface area contributed by atoms with Gasteiger partial charge in [0, 0.05) is 39.1 Å². The van der Waals surface area contributed by atoms with Crippen molar-refractivity contribution in [2.75, 3.05) is 33.4 Å². The van der Waals surface area contributed by atoms with Gasteiger partial charge in [-0.1, -0.05) is 12.1 Å².